The Balaban J connectivity index is 1.84. The summed E-state index contributed by atoms with van der Waals surface area (Å²) < 4.78 is 33.7. The maximum absolute atomic E-state index is 14.1. The Morgan fingerprint density at radius 3 is 2.62 bits per heavy atom. The van der Waals surface area contributed by atoms with E-state index < -0.39 is 17.0 Å². The maximum Gasteiger partial charge on any atom is 0.302 e. The van der Waals surface area contributed by atoms with Gasteiger partial charge in [0.1, 0.15) is 18.2 Å². The van der Waals surface area contributed by atoms with Crippen LogP contribution in [0.1, 0.15) is 50.8 Å². The van der Waals surface area contributed by atoms with Gasteiger partial charge < -0.3 is 4.74 Å². The lowest BCUT2D eigenvalue weighted by atomic mass is 9.69. The highest BCUT2D eigenvalue weighted by atomic mass is 19.1. The predicted molar refractivity (Wildman–Crippen MR) is 91.5 cm³/mol. The van der Waals surface area contributed by atoms with Crippen LogP contribution in [0.15, 0.2) is 24.3 Å². The molecular formula is C20H20F2N2O2. The van der Waals surface area contributed by atoms with Crippen molar-refractivity contribution in [2.24, 2.45) is 5.41 Å². The number of hydrogen-bond acceptors (Lipinski definition) is 4. The summed E-state index contributed by atoms with van der Waals surface area (Å²) in [6, 6.07) is 5.51. The minimum atomic E-state index is -0.656. The number of carbonyl (C=O) groups is 1. The van der Waals surface area contributed by atoms with Gasteiger partial charge in [-0.1, -0.05) is 19.9 Å². The lowest BCUT2D eigenvalue weighted by molar-refractivity contribution is -0.144. The van der Waals surface area contributed by atoms with Gasteiger partial charge in [0.05, 0.1) is 22.4 Å². The fraction of sp³-hybridized carbons (Fsp3) is 0.450. The molecule has 1 heterocycles. The summed E-state index contributed by atoms with van der Waals surface area (Å²) >= 11 is 0. The van der Waals surface area contributed by atoms with E-state index in [9.17, 15) is 13.6 Å². The molecule has 2 aliphatic carbocycles. The number of esters is 1. The van der Waals surface area contributed by atoms with Gasteiger partial charge >= 0.3 is 5.97 Å². The average Bonchev–Trinajstić information content (AvgIpc) is 2.94. The summed E-state index contributed by atoms with van der Waals surface area (Å²) in [6.45, 7) is 5.92. The molecule has 136 valence electrons. The van der Waals surface area contributed by atoms with Crippen LogP contribution < -0.4 is 0 Å². The van der Waals surface area contributed by atoms with Crippen molar-refractivity contribution >= 4 is 5.97 Å². The van der Waals surface area contributed by atoms with Gasteiger partial charge in [-0.15, -0.1) is 5.10 Å². The Kier molecular flexibility index (Phi) is 3.65. The Bertz CT molecular complexity index is 892. The predicted octanol–water partition coefficient (Wildman–Crippen LogP) is 4.14. The van der Waals surface area contributed by atoms with E-state index in [1.807, 2.05) is 0 Å². The van der Waals surface area contributed by atoms with Gasteiger partial charge in [0.25, 0.3) is 0 Å². The number of rotatable bonds is 3. The lowest BCUT2D eigenvalue weighted by Gasteiger charge is -2.37. The second kappa shape index (κ2) is 5.56. The van der Waals surface area contributed by atoms with Crippen LogP contribution in [0.3, 0.4) is 0 Å². The van der Waals surface area contributed by atoms with E-state index in [1.165, 1.54) is 25.1 Å². The van der Waals surface area contributed by atoms with Crippen LogP contribution in [0.4, 0.5) is 8.78 Å². The molecule has 2 aliphatic rings. The van der Waals surface area contributed by atoms with Gasteiger partial charge in [-0.2, -0.15) is 5.10 Å². The number of fused-ring (bicyclic) bond motifs is 5. The summed E-state index contributed by atoms with van der Waals surface area (Å²) in [5.74, 6) is -1.45. The van der Waals surface area contributed by atoms with E-state index in [2.05, 4.69) is 24.0 Å². The van der Waals surface area contributed by atoms with Crippen molar-refractivity contribution in [1.82, 2.24) is 10.2 Å². The highest BCUT2D eigenvalue weighted by Gasteiger charge is 2.64. The first-order chi connectivity index (χ1) is 12.3. The van der Waals surface area contributed by atoms with E-state index in [0.29, 0.717) is 0 Å². The molecule has 1 unspecified atom stereocenters. The molecular weight excluding hydrogens is 338 g/mol. The zero-order valence-electron chi connectivity index (χ0n) is 15.0. The van der Waals surface area contributed by atoms with E-state index in [4.69, 9.17) is 4.74 Å². The van der Waals surface area contributed by atoms with Crippen molar-refractivity contribution in [3.8, 4) is 11.3 Å². The monoisotopic (exact) mass is 358 g/mol. The quantitative estimate of drug-likeness (QED) is 0.774. The third-order valence-corrected chi connectivity index (χ3v) is 6.36. The first kappa shape index (κ1) is 17.1. The van der Waals surface area contributed by atoms with Crippen LogP contribution in [0, 0.1) is 17.0 Å². The molecule has 1 aromatic heterocycles. The number of halogens is 2. The summed E-state index contributed by atoms with van der Waals surface area (Å²) in [5.41, 5.74) is 1.22. The normalized spacial score (nSPS) is 25.2. The van der Waals surface area contributed by atoms with E-state index in [-0.39, 0.29) is 35.2 Å². The zero-order chi connectivity index (χ0) is 18.7. The Hall–Kier alpha value is -2.37. The lowest BCUT2D eigenvalue weighted by Crippen LogP contribution is -2.40. The van der Waals surface area contributed by atoms with Gasteiger partial charge in [0, 0.05) is 6.92 Å². The molecule has 6 heteroatoms. The van der Waals surface area contributed by atoms with Crippen molar-refractivity contribution in [3.05, 3.63) is 47.2 Å². The summed E-state index contributed by atoms with van der Waals surface area (Å²) in [7, 11) is 0. The molecule has 2 bridgehead atoms. The average molecular weight is 358 g/mol. The minimum Gasteiger partial charge on any atom is -0.465 e. The van der Waals surface area contributed by atoms with Gasteiger partial charge in [-0.25, -0.2) is 8.78 Å². The number of ether oxygens (including phenoxy) is 1. The number of carbonyl (C=O) groups excluding carboxylic acids is 1. The fourth-order valence-corrected chi connectivity index (χ4v) is 4.83. The molecule has 0 aliphatic heterocycles. The molecule has 1 aromatic carbocycles. The Labute approximate surface area is 150 Å². The van der Waals surface area contributed by atoms with E-state index in [0.717, 1.165) is 24.1 Å². The molecule has 0 spiro atoms. The van der Waals surface area contributed by atoms with Crippen LogP contribution >= 0.6 is 0 Å². The highest BCUT2D eigenvalue weighted by Crippen LogP contribution is 2.67. The summed E-state index contributed by atoms with van der Waals surface area (Å²) in [5, 5.41) is 8.50. The number of benzene rings is 1. The number of hydrogen-bond donors (Lipinski definition) is 0. The molecule has 2 atom stereocenters. The Morgan fingerprint density at radius 2 is 1.96 bits per heavy atom. The van der Waals surface area contributed by atoms with Crippen LogP contribution in [0.2, 0.25) is 0 Å². The molecule has 1 fully saturated rings. The van der Waals surface area contributed by atoms with Gasteiger partial charge in [0.15, 0.2) is 0 Å². The first-order valence-electron chi connectivity index (χ1n) is 8.74. The number of nitrogens with zero attached hydrogens (tertiary/aromatic N) is 2. The number of aromatic nitrogens is 2. The van der Waals surface area contributed by atoms with Crippen molar-refractivity contribution in [1.29, 1.82) is 0 Å². The molecule has 0 N–H and O–H groups in total. The molecule has 1 saturated carbocycles. The van der Waals surface area contributed by atoms with Crippen molar-refractivity contribution in [3.63, 3.8) is 0 Å². The van der Waals surface area contributed by atoms with Crippen molar-refractivity contribution in [2.45, 2.75) is 44.9 Å². The topological polar surface area (TPSA) is 52.1 Å². The van der Waals surface area contributed by atoms with Crippen LogP contribution in [0.25, 0.3) is 11.3 Å². The SMILES string of the molecule is CC(=O)OCC12CC[C@H](c3cc(-c4c(F)cccc4F)nnc31)C2(C)C. The fourth-order valence-electron chi connectivity index (χ4n) is 4.83. The van der Waals surface area contributed by atoms with Gasteiger partial charge in [-0.3, -0.25) is 4.79 Å². The molecule has 4 nitrogen and oxygen atoms in total. The van der Waals surface area contributed by atoms with Crippen molar-refractivity contribution < 1.29 is 18.3 Å². The van der Waals surface area contributed by atoms with E-state index in [1.54, 1.807) is 6.07 Å². The zero-order valence-corrected chi connectivity index (χ0v) is 15.0. The van der Waals surface area contributed by atoms with Gasteiger partial charge in [-0.05, 0) is 47.9 Å². The molecule has 2 aromatic rings. The smallest absolute Gasteiger partial charge is 0.302 e. The van der Waals surface area contributed by atoms with Crippen molar-refractivity contribution in [2.75, 3.05) is 6.61 Å². The van der Waals surface area contributed by atoms with Gasteiger partial charge in [0.2, 0.25) is 0 Å². The van der Waals surface area contributed by atoms with Crippen LogP contribution in [-0.4, -0.2) is 22.8 Å². The summed E-state index contributed by atoms with van der Waals surface area (Å²) in [6.07, 6.45) is 1.78. The first-order valence-corrected chi connectivity index (χ1v) is 8.74. The Morgan fingerprint density at radius 1 is 1.27 bits per heavy atom. The standard InChI is InChI=1S/C20H20F2N2O2/c1-11(25)26-10-20-8-7-13(19(20,2)3)12-9-16(23-24-18(12)20)17-14(21)5-4-6-15(17)22/h4-6,9,13H,7-8,10H2,1-3H3/t13-,20?/m1/s1. The molecule has 4 rings (SSSR count). The third kappa shape index (κ3) is 2.14. The molecule has 0 saturated heterocycles. The minimum absolute atomic E-state index is 0.155. The molecule has 26 heavy (non-hydrogen) atoms. The molecule has 0 amide bonds. The van der Waals surface area contributed by atoms with E-state index >= 15 is 0 Å². The van der Waals surface area contributed by atoms with Crippen LogP contribution in [0.5, 0.6) is 0 Å². The summed E-state index contributed by atoms with van der Waals surface area (Å²) in [4.78, 5) is 11.4. The third-order valence-electron chi connectivity index (χ3n) is 6.36. The second-order valence-electron chi connectivity index (χ2n) is 7.81. The highest BCUT2D eigenvalue weighted by molar-refractivity contribution is 5.66. The largest absolute Gasteiger partial charge is 0.465 e. The molecule has 0 radical (unpaired) electrons. The van der Waals surface area contributed by atoms with Crippen LogP contribution in [-0.2, 0) is 14.9 Å². The maximum atomic E-state index is 14.1. The second-order valence-corrected chi connectivity index (χ2v) is 7.81.